The van der Waals surface area contributed by atoms with Gasteiger partial charge in [-0.05, 0) is 6.92 Å². The molecule has 0 bridgehead atoms. The summed E-state index contributed by atoms with van der Waals surface area (Å²) >= 11 is 0. The summed E-state index contributed by atoms with van der Waals surface area (Å²) in [5.74, 6) is 0. The standard InChI is InChI=1S/C2H6O.H2Se/c1-2-3;/h3H,2H2,1H3;1H2. The van der Waals surface area contributed by atoms with Gasteiger partial charge in [0, 0.05) is 6.61 Å². The van der Waals surface area contributed by atoms with Crippen LogP contribution in [0.4, 0.5) is 0 Å². The van der Waals surface area contributed by atoms with Crippen molar-refractivity contribution in [3.05, 3.63) is 0 Å². The number of hydrogen-bond acceptors (Lipinski definition) is 1. The van der Waals surface area contributed by atoms with Crippen LogP contribution in [-0.2, 0) is 0 Å². The van der Waals surface area contributed by atoms with Gasteiger partial charge in [0.25, 0.3) is 0 Å². The summed E-state index contributed by atoms with van der Waals surface area (Å²) in [6, 6.07) is 0. The fourth-order valence-corrected chi connectivity index (χ4v) is 0. The summed E-state index contributed by atoms with van der Waals surface area (Å²) in [6.45, 7) is 1.93. The summed E-state index contributed by atoms with van der Waals surface area (Å²) in [7, 11) is 0. The van der Waals surface area contributed by atoms with E-state index >= 15 is 0 Å². The minimum atomic E-state index is 0. The molecule has 4 heavy (non-hydrogen) atoms. The Bertz CT molecular complexity index is 6.00. The van der Waals surface area contributed by atoms with E-state index < -0.39 is 0 Å². The van der Waals surface area contributed by atoms with E-state index in [1.807, 2.05) is 0 Å². The van der Waals surface area contributed by atoms with Gasteiger partial charge in [-0.25, -0.2) is 0 Å². The Morgan fingerprint density at radius 1 is 1.75 bits per heavy atom. The van der Waals surface area contributed by atoms with Crippen molar-refractivity contribution in [1.29, 1.82) is 0 Å². The summed E-state index contributed by atoms with van der Waals surface area (Å²) in [6.07, 6.45) is 0. The minimum absolute atomic E-state index is 0. The van der Waals surface area contributed by atoms with Crippen LogP contribution in [0.2, 0.25) is 0 Å². The van der Waals surface area contributed by atoms with Gasteiger partial charge in [0.05, 0.1) is 0 Å². The maximum absolute atomic E-state index is 7.57. The van der Waals surface area contributed by atoms with Gasteiger partial charge in [-0.3, -0.25) is 0 Å². The fourth-order valence-electron chi connectivity index (χ4n) is 0. The van der Waals surface area contributed by atoms with Crippen molar-refractivity contribution in [3.63, 3.8) is 0 Å². The van der Waals surface area contributed by atoms with Crippen LogP contribution in [0.15, 0.2) is 0 Å². The predicted octanol–water partition coefficient (Wildman–Crippen LogP) is -0.918. The Morgan fingerprint density at radius 2 is 1.75 bits per heavy atom. The molecule has 0 rings (SSSR count). The molecule has 28 valence electrons. The van der Waals surface area contributed by atoms with Crippen LogP contribution in [-0.4, -0.2) is 28.8 Å². The van der Waals surface area contributed by atoms with Crippen molar-refractivity contribution in [2.24, 2.45) is 0 Å². The molecule has 1 N–H and O–H groups in total. The van der Waals surface area contributed by atoms with E-state index in [-0.39, 0.29) is 23.7 Å². The van der Waals surface area contributed by atoms with Crippen LogP contribution in [0.5, 0.6) is 0 Å². The summed E-state index contributed by atoms with van der Waals surface area (Å²) in [5.41, 5.74) is 0. The normalized spacial score (nSPS) is 4.50. The van der Waals surface area contributed by atoms with Crippen LogP contribution in [0, 0.1) is 0 Å². The molecule has 0 aromatic heterocycles. The van der Waals surface area contributed by atoms with E-state index in [9.17, 15) is 0 Å². The second kappa shape index (κ2) is 9.77. The van der Waals surface area contributed by atoms with E-state index in [0.717, 1.165) is 0 Å². The molecule has 0 amide bonds. The molecule has 0 saturated heterocycles. The van der Waals surface area contributed by atoms with Crippen molar-refractivity contribution in [2.75, 3.05) is 6.61 Å². The van der Waals surface area contributed by atoms with Gasteiger partial charge in [0.15, 0.2) is 0 Å². The number of aliphatic hydroxyl groups is 1. The first-order valence-electron chi connectivity index (χ1n) is 1.02. The average Bonchev–Trinajstić information content (AvgIpc) is 0.918. The van der Waals surface area contributed by atoms with Crippen LogP contribution < -0.4 is 0 Å². The van der Waals surface area contributed by atoms with E-state index in [1.165, 1.54) is 0 Å². The van der Waals surface area contributed by atoms with Crippen LogP contribution >= 0.6 is 0 Å². The van der Waals surface area contributed by atoms with Crippen molar-refractivity contribution in [1.82, 2.24) is 0 Å². The topological polar surface area (TPSA) is 20.2 Å². The first-order chi connectivity index (χ1) is 1.41. The second-order valence-corrected chi connectivity index (χ2v) is 0.316. The van der Waals surface area contributed by atoms with Crippen LogP contribution in [0.3, 0.4) is 0 Å². The molecule has 2 heteroatoms. The SMILES string of the molecule is CCO.[SeH2]. The fraction of sp³-hybridized carbons (Fsp3) is 1.00. The zero-order chi connectivity index (χ0) is 2.71. The van der Waals surface area contributed by atoms with Gasteiger partial charge in [-0.1, -0.05) is 0 Å². The van der Waals surface area contributed by atoms with Crippen molar-refractivity contribution in [3.8, 4) is 0 Å². The molecule has 1 nitrogen and oxygen atoms in total. The Labute approximate surface area is 36.5 Å². The summed E-state index contributed by atoms with van der Waals surface area (Å²) < 4.78 is 0. The van der Waals surface area contributed by atoms with E-state index in [2.05, 4.69) is 0 Å². The molecule has 0 radical (unpaired) electrons. The molecule has 0 heterocycles. The molecule has 0 spiro atoms. The summed E-state index contributed by atoms with van der Waals surface area (Å²) in [5, 5.41) is 7.57. The maximum atomic E-state index is 7.57. The van der Waals surface area contributed by atoms with Gasteiger partial charge in [-0.15, -0.1) is 0 Å². The Morgan fingerprint density at radius 3 is 1.75 bits per heavy atom. The molecule has 0 aliphatic rings. The third kappa shape index (κ3) is 23.6. The molecule has 0 unspecified atom stereocenters. The van der Waals surface area contributed by atoms with Crippen LogP contribution in [0.25, 0.3) is 0 Å². The van der Waals surface area contributed by atoms with Gasteiger partial charge in [0.2, 0.25) is 0 Å². The zero-order valence-corrected chi connectivity index (χ0v) is 4.75. The van der Waals surface area contributed by atoms with Crippen LogP contribution in [0.1, 0.15) is 6.92 Å². The first-order valence-corrected chi connectivity index (χ1v) is 1.02. The molecule has 0 fully saturated rings. The van der Waals surface area contributed by atoms with Crippen molar-refractivity contribution in [2.45, 2.75) is 6.92 Å². The first kappa shape index (κ1) is 8.82. The molecular formula is C2H8OSe. The van der Waals surface area contributed by atoms with E-state index in [4.69, 9.17) is 5.11 Å². The molecular weight excluding hydrogens is 119 g/mol. The van der Waals surface area contributed by atoms with Gasteiger partial charge in [0.1, 0.15) is 0 Å². The predicted molar refractivity (Wildman–Crippen MR) is 21.3 cm³/mol. The summed E-state index contributed by atoms with van der Waals surface area (Å²) in [4.78, 5) is 0. The Balaban J connectivity index is 0. The Kier molecular flexibility index (Phi) is 21.6. The third-order valence-electron chi connectivity index (χ3n) is 0. The quantitative estimate of drug-likeness (QED) is 0.417. The molecule has 0 saturated carbocycles. The number of rotatable bonds is 0. The third-order valence-corrected chi connectivity index (χ3v) is 0. The molecule has 0 aliphatic heterocycles. The van der Waals surface area contributed by atoms with Crippen molar-refractivity contribution < 1.29 is 5.11 Å². The second-order valence-electron chi connectivity index (χ2n) is 0.316. The van der Waals surface area contributed by atoms with E-state index in [0.29, 0.717) is 0 Å². The van der Waals surface area contributed by atoms with Crippen molar-refractivity contribution >= 4 is 17.1 Å². The molecule has 0 aliphatic carbocycles. The van der Waals surface area contributed by atoms with Gasteiger partial charge in [-0.2, -0.15) is 0 Å². The zero-order valence-electron chi connectivity index (χ0n) is 2.65. The molecule has 0 atom stereocenters. The average molecular weight is 127 g/mol. The Hall–Kier alpha value is 0.479. The van der Waals surface area contributed by atoms with E-state index in [1.54, 1.807) is 6.92 Å². The molecule has 0 aromatic rings. The van der Waals surface area contributed by atoms with Gasteiger partial charge < -0.3 is 5.11 Å². The number of aliphatic hydroxyl groups excluding tert-OH is 1. The molecule has 0 aromatic carbocycles. The monoisotopic (exact) mass is 128 g/mol. The van der Waals surface area contributed by atoms with Gasteiger partial charge >= 0.3 is 17.1 Å². The number of hydrogen-bond donors (Lipinski definition) is 1.